The van der Waals surface area contributed by atoms with Crippen LogP contribution in [0.25, 0.3) is 0 Å². The Hall–Kier alpha value is -1.34. The molecule has 5 nitrogen and oxygen atoms in total. The van der Waals surface area contributed by atoms with E-state index in [9.17, 15) is 4.79 Å². The molecule has 1 saturated carbocycles. The van der Waals surface area contributed by atoms with Gasteiger partial charge in [0.05, 0.1) is 11.4 Å². The first-order valence-electron chi connectivity index (χ1n) is 6.32. The average Bonchev–Trinajstić information content (AvgIpc) is 3.18. The van der Waals surface area contributed by atoms with Crippen molar-refractivity contribution in [1.82, 2.24) is 15.2 Å². The number of aromatic amines is 1. The number of hydrogen-bond acceptors (Lipinski definition) is 4. The van der Waals surface area contributed by atoms with Gasteiger partial charge in [0.25, 0.3) is 0 Å². The zero-order valence-corrected chi connectivity index (χ0v) is 13.0. The zero-order chi connectivity index (χ0) is 13.9. The Morgan fingerprint density at radius 3 is 3.00 bits per heavy atom. The fourth-order valence-electron chi connectivity index (χ4n) is 1.74. The van der Waals surface area contributed by atoms with E-state index in [0.717, 1.165) is 16.0 Å². The minimum Gasteiger partial charge on any atom is -0.324 e. The fraction of sp³-hybridized carbons (Fsp3) is 0.308. The average molecular weight is 353 g/mol. The van der Waals surface area contributed by atoms with Gasteiger partial charge in [-0.2, -0.15) is 0 Å². The largest absolute Gasteiger partial charge is 0.324 e. The van der Waals surface area contributed by atoms with Crippen molar-refractivity contribution in [1.29, 1.82) is 0 Å². The molecule has 2 N–H and O–H groups in total. The number of nitrogens with one attached hydrogen (secondary N) is 2. The standard InChI is InChI=1S/C13H13BrN4OS/c14-9-3-1-2-4-10(9)15-11(19)7-20-13-16-12(17-18-13)8-5-6-8/h1-4,8H,5-7H2,(H,15,19)(H,16,17,18). The van der Waals surface area contributed by atoms with Crippen LogP contribution in [0.15, 0.2) is 33.9 Å². The number of halogens is 1. The van der Waals surface area contributed by atoms with E-state index in [1.54, 1.807) is 0 Å². The van der Waals surface area contributed by atoms with Crippen LogP contribution in [0, 0.1) is 0 Å². The van der Waals surface area contributed by atoms with Crippen LogP contribution >= 0.6 is 27.7 Å². The molecule has 7 heteroatoms. The second kappa shape index (κ2) is 5.97. The van der Waals surface area contributed by atoms with Crippen molar-refractivity contribution >= 4 is 39.3 Å². The van der Waals surface area contributed by atoms with Crippen molar-refractivity contribution < 1.29 is 4.79 Å². The van der Waals surface area contributed by atoms with Crippen molar-refractivity contribution in [3.63, 3.8) is 0 Å². The number of benzene rings is 1. The summed E-state index contributed by atoms with van der Waals surface area (Å²) in [6.07, 6.45) is 2.36. The summed E-state index contributed by atoms with van der Waals surface area (Å²) >= 11 is 4.73. The number of carbonyl (C=O) groups is 1. The molecule has 1 fully saturated rings. The first-order chi connectivity index (χ1) is 9.72. The number of rotatable bonds is 5. The SMILES string of the molecule is O=C(CSc1n[nH]c(C2CC2)n1)Nc1ccccc1Br. The van der Waals surface area contributed by atoms with Gasteiger partial charge in [-0.25, -0.2) is 4.98 Å². The number of thioether (sulfide) groups is 1. The number of carbonyl (C=O) groups excluding carboxylic acids is 1. The lowest BCUT2D eigenvalue weighted by atomic mass is 10.3. The van der Waals surface area contributed by atoms with E-state index >= 15 is 0 Å². The molecule has 0 unspecified atom stereocenters. The molecule has 104 valence electrons. The third-order valence-electron chi connectivity index (χ3n) is 2.93. The van der Waals surface area contributed by atoms with Crippen LogP contribution in [0.5, 0.6) is 0 Å². The second-order valence-corrected chi connectivity index (χ2v) is 6.39. The molecule has 1 heterocycles. The highest BCUT2D eigenvalue weighted by Crippen LogP contribution is 2.38. The maximum atomic E-state index is 11.9. The number of amides is 1. The minimum absolute atomic E-state index is 0.0697. The molecule has 0 saturated heterocycles. The summed E-state index contributed by atoms with van der Waals surface area (Å²) in [5.74, 6) is 1.72. The van der Waals surface area contributed by atoms with Crippen LogP contribution in [0.1, 0.15) is 24.6 Å². The van der Waals surface area contributed by atoms with Crippen molar-refractivity contribution in [2.24, 2.45) is 0 Å². The molecule has 20 heavy (non-hydrogen) atoms. The van der Waals surface area contributed by atoms with E-state index in [0.29, 0.717) is 16.8 Å². The highest BCUT2D eigenvalue weighted by Gasteiger charge is 2.27. The molecule has 1 aromatic heterocycles. The first-order valence-corrected chi connectivity index (χ1v) is 8.10. The fourth-order valence-corrected chi connectivity index (χ4v) is 2.73. The quantitative estimate of drug-likeness (QED) is 0.810. The monoisotopic (exact) mass is 352 g/mol. The van der Waals surface area contributed by atoms with Gasteiger partial charge in [-0.15, -0.1) is 5.10 Å². The molecule has 0 bridgehead atoms. The molecular weight excluding hydrogens is 340 g/mol. The van der Waals surface area contributed by atoms with Gasteiger partial charge >= 0.3 is 0 Å². The van der Waals surface area contributed by atoms with Crippen LogP contribution < -0.4 is 5.32 Å². The van der Waals surface area contributed by atoms with Gasteiger partial charge in [0, 0.05) is 10.4 Å². The predicted octanol–water partition coefficient (Wildman–Crippen LogP) is 3.18. The normalized spacial score (nSPS) is 14.2. The predicted molar refractivity (Wildman–Crippen MR) is 81.9 cm³/mol. The highest BCUT2D eigenvalue weighted by atomic mass is 79.9. The van der Waals surface area contributed by atoms with E-state index in [1.165, 1.54) is 24.6 Å². The Balaban J connectivity index is 1.52. The first kappa shape index (κ1) is 13.6. The summed E-state index contributed by atoms with van der Waals surface area (Å²) in [4.78, 5) is 16.2. The number of anilines is 1. The van der Waals surface area contributed by atoms with Gasteiger partial charge in [-0.3, -0.25) is 9.89 Å². The number of para-hydroxylation sites is 1. The molecule has 0 spiro atoms. The van der Waals surface area contributed by atoms with Crippen molar-refractivity contribution in [2.75, 3.05) is 11.1 Å². The van der Waals surface area contributed by atoms with Crippen LogP contribution in [-0.2, 0) is 4.79 Å². The van der Waals surface area contributed by atoms with E-state index < -0.39 is 0 Å². The summed E-state index contributed by atoms with van der Waals surface area (Å²) in [6, 6.07) is 7.52. The molecule has 1 amide bonds. The number of aromatic nitrogens is 3. The Kier molecular flexibility index (Phi) is 4.07. The van der Waals surface area contributed by atoms with Crippen molar-refractivity contribution in [2.45, 2.75) is 23.9 Å². The Morgan fingerprint density at radius 1 is 1.45 bits per heavy atom. The van der Waals surface area contributed by atoms with Crippen LogP contribution in [0.3, 0.4) is 0 Å². The number of hydrogen-bond donors (Lipinski definition) is 2. The Bertz CT molecular complexity index is 626. The molecule has 0 radical (unpaired) electrons. The van der Waals surface area contributed by atoms with Gasteiger partial charge in [-0.05, 0) is 40.9 Å². The minimum atomic E-state index is -0.0697. The Morgan fingerprint density at radius 2 is 2.25 bits per heavy atom. The molecule has 1 aromatic carbocycles. The smallest absolute Gasteiger partial charge is 0.234 e. The summed E-state index contributed by atoms with van der Waals surface area (Å²) in [5, 5.41) is 10.5. The van der Waals surface area contributed by atoms with E-state index in [1.807, 2.05) is 24.3 Å². The van der Waals surface area contributed by atoms with E-state index in [-0.39, 0.29) is 5.91 Å². The van der Waals surface area contributed by atoms with E-state index in [2.05, 4.69) is 36.4 Å². The molecule has 3 rings (SSSR count). The van der Waals surface area contributed by atoms with Crippen molar-refractivity contribution in [3.05, 3.63) is 34.6 Å². The van der Waals surface area contributed by atoms with Gasteiger partial charge < -0.3 is 5.32 Å². The van der Waals surface area contributed by atoms with Crippen molar-refractivity contribution in [3.8, 4) is 0 Å². The summed E-state index contributed by atoms with van der Waals surface area (Å²) in [6.45, 7) is 0. The van der Waals surface area contributed by atoms with Crippen LogP contribution in [0.4, 0.5) is 5.69 Å². The molecule has 2 aromatic rings. The highest BCUT2D eigenvalue weighted by molar-refractivity contribution is 9.10. The molecule has 1 aliphatic carbocycles. The van der Waals surface area contributed by atoms with Gasteiger partial charge in [0.1, 0.15) is 5.82 Å². The molecule has 0 aliphatic heterocycles. The summed E-state index contributed by atoms with van der Waals surface area (Å²) in [7, 11) is 0. The zero-order valence-electron chi connectivity index (χ0n) is 10.6. The Labute approximate surface area is 129 Å². The van der Waals surface area contributed by atoms with Crippen LogP contribution in [-0.4, -0.2) is 26.8 Å². The lowest BCUT2D eigenvalue weighted by molar-refractivity contribution is -0.113. The number of H-pyrrole nitrogens is 1. The second-order valence-electron chi connectivity index (χ2n) is 4.59. The van der Waals surface area contributed by atoms with E-state index in [4.69, 9.17) is 0 Å². The lowest BCUT2D eigenvalue weighted by Gasteiger charge is -2.05. The summed E-state index contributed by atoms with van der Waals surface area (Å²) in [5.41, 5.74) is 0.770. The maximum Gasteiger partial charge on any atom is 0.234 e. The third-order valence-corrected chi connectivity index (χ3v) is 4.47. The maximum absolute atomic E-state index is 11.9. The van der Waals surface area contributed by atoms with Gasteiger partial charge in [0.2, 0.25) is 11.1 Å². The van der Waals surface area contributed by atoms with Crippen LogP contribution in [0.2, 0.25) is 0 Å². The summed E-state index contributed by atoms with van der Waals surface area (Å²) < 4.78 is 0.868. The lowest BCUT2D eigenvalue weighted by Crippen LogP contribution is -2.14. The van der Waals surface area contributed by atoms with Gasteiger partial charge in [0.15, 0.2) is 0 Å². The molecule has 1 aliphatic rings. The number of nitrogens with zero attached hydrogens (tertiary/aromatic N) is 2. The van der Waals surface area contributed by atoms with Gasteiger partial charge in [-0.1, -0.05) is 23.9 Å². The molecular formula is C13H13BrN4OS. The molecule has 0 atom stereocenters. The topological polar surface area (TPSA) is 70.7 Å². The third kappa shape index (κ3) is 3.40.